The molecule has 0 nitrogen and oxygen atoms in total. The monoisotopic (exact) mass is 594 g/mol. The topological polar surface area (TPSA) is 0 Å². The predicted octanol–water partition coefficient (Wildman–Crippen LogP) is 9.80. The number of hydrogen-bond acceptors (Lipinski definition) is 0. The molecule has 1 heteroatoms. The van der Waals surface area contributed by atoms with Crippen molar-refractivity contribution < 1.29 is 0 Å². The summed E-state index contributed by atoms with van der Waals surface area (Å²) in [4.78, 5) is 0. The summed E-state index contributed by atoms with van der Waals surface area (Å²) in [5.41, 5.74) is 12.9. The van der Waals surface area contributed by atoms with Gasteiger partial charge in [0.05, 0.1) is 0 Å². The molecule has 0 N–H and O–H groups in total. The molecule has 0 unspecified atom stereocenters. The molecule has 0 amide bonds. The Labute approximate surface area is 269 Å². The average molecular weight is 595 g/mol. The Morgan fingerprint density at radius 1 is 0.311 bits per heavy atom. The van der Waals surface area contributed by atoms with Gasteiger partial charge in [0.1, 0.15) is 0 Å². The molecule has 0 spiro atoms. The third kappa shape index (κ3) is 5.04. The van der Waals surface area contributed by atoms with Crippen LogP contribution >= 0.6 is 0 Å². The average Bonchev–Trinajstić information content (AvgIpc) is 3.39. The lowest BCUT2D eigenvalue weighted by Crippen LogP contribution is -2.59. The molecule has 0 fully saturated rings. The summed E-state index contributed by atoms with van der Waals surface area (Å²) in [6.45, 7) is 8.86. The number of allylic oxidation sites excluding steroid dienone is 2. The molecule has 0 aromatic heterocycles. The molecular weight excluding hydrogens is 557 g/mol. The van der Waals surface area contributed by atoms with Crippen LogP contribution in [0.2, 0.25) is 0 Å². The first kappa shape index (κ1) is 28.8. The molecule has 6 aromatic carbocycles. The molecule has 0 saturated heterocycles. The summed E-state index contributed by atoms with van der Waals surface area (Å²) in [6.07, 6.45) is 0. The maximum Gasteiger partial charge on any atom is 0.182 e. The standard InChI is InChI=1S/C44H38Si/c1-31-15-11-19-35(27-31)41-42(36-20-12-16-32(2)28-36)44(38-22-14-18-34(4)30-38)45(39-23-7-5-8-24-39,40-25-9-6-10-26-40)43(41)37-21-13-17-33(3)29-37/h5-30H,1-4H3. The molecule has 1 aliphatic rings. The summed E-state index contributed by atoms with van der Waals surface area (Å²) in [5.74, 6) is 0. The van der Waals surface area contributed by atoms with Crippen LogP contribution in [0.5, 0.6) is 0 Å². The SMILES string of the molecule is Cc1cccc(C2=C(c3cccc(C)c3)[Si](c3ccccc3)(c3ccccc3)C(c3cccc(C)c3)=C2c2cccc(C)c2)c1. The third-order valence-electron chi connectivity index (χ3n) is 9.14. The van der Waals surface area contributed by atoms with Crippen LogP contribution in [0.15, 0.2) is 158 Å². The predicted molar refractivity (Wildman–Crippen MR) is 196 cm³/mol. The van der Waals surface area contributed by atoms with Crippen molar-refractivity contribution in [3.05, 3.63) is 202 Å². The Kier molecular flexibility index (Phi) is 7.57. The van der Waals surface area contributed by atoms with Gasteiger partial charge in [0.25, 0.3) is 0 Å². The van der Waals surface area contributed by atoms with E-state index in [9.17, 15) is 0 Å². The fourth-order valence-electron chi connectivity index (χ4n) is 7.37. The Morgan fingerprint density at radius 3 is 0.956 bits per heavy atom. The summed E-state index contributed by atoms with van der Waals surface area (Å²) < 4.78 is 0. The van der Waals surface area contributed by atoms with Crippen molar-refractivity contribution in [3.8, 4) is 0 Å². The summed E-state index contributed by atoms with van der Waals surface area (Å²) in [7, 11) is -2.94. The number of rotatable bonds is 6. The van der Waals surface area contributed by atoms with Crippen molar-refractivity contribution >= 4 is 40.0 Å². The van der Waals surface area contributed by atoms with Crippen LogP contribution in [0.3, 0.4) is 0 Å². The van der Waals surface area contributed by atoms with Crippen LogP contribution in [0, 0.1) is 27.7 Å². The minimum absolute atomic E-state index is 1.27. The lowest BCUT2D eigenvalue weighted by atomic mass is 9.88. The second kappa shape index (κ2) is 11.8. The number of hydrogen-bond donors (Lipinski definition) is 0. The van der Waals surface area contributed by atoms with Crippen LogP contribution in [-0.2, 0) is 0 Å². The molecule has 0 radical (unpaired) electrons. The van der Waals surface area contributed by atoms with Gasteiger partial charge in [0.2, 0.25) is 0 Å². The quantitative estimate of drug-likeness (QED) is 0.168. The summed E-state index contributed by atoms with van der Waals surface area (Å²) in [5, 5.41) is 5.72. The van der Waals surface area contributed by atoms with Gasteiger partial charge in [-0.15, -0.1) is 0 Å². The van der Waals surface area contributed by atoms with Crippen molar-refractivity contribution in [2.75, 3.05) is 0 Å². The van der Waals surface area contributed by atoms with Crippen molar-refractivity contribution in [2.24, 2.45) is 0 Å². The second-order valence-electron chi connectivity index (χ2n) is 12.5. The van der Waals surface area contributed by atoms with E-state index in [2.05, 4.69) is 185 Å². The Morgan fingerprint density at radius 2 is 0.622 bits per heavy atom. The molecule has 0 aliphatic carbocycles. The highest BCUT2D eigenvalue weighted by Crippen LogP contribution is 2.55. The Balaban J connectivity index is 1.80. The summed E-state index contributed by atoms with van der Waals surface area (Å²) in [6, 6.07) is 59.5. The fourth-order valence-corrected chi connectivity index (χ4v) is 13.0. The van der Waals surface area contributed by atoms with Gasteiger partial charge >= 0.3 is 0 Å². The van der Waals surface area contributed by atoms with Gasteiger partial charge in [0, 0.05) is 0 Å². The Hall–Kier alpha value is -4.98. The maximum atomic E-state index is 2.41. The van der Waals surface area contributed by atoms with Gasteiger partial charge in [-0.25, -0.2) is 0 Å². The van der Waals surface area contributed by atoms with Gasteiger partial charge < -0.3 is 0 Å². The van der Waals surface area contributed by atoms with Crippen molar-refractivity contribution in [2.45, 2.75) is 27.7 Å². The van der Waals surface area contributed by atoms with Gasteiger partial charge in [0.15, 0.2) is 8.07 Å². The largest absolute Gasteiger partial charge is 0.182 e. The van der Waals surface area contributed by atoms with Crippen LogP contribution in [-0.4, -0.2) is 8.07 Å². The lowest BCUT2D eigenvalue weighted by molar-refractivity contribution is 1.43. The van der Waals surface area contributed by atoms with E-state index >= 15 is 0 Å². The van der Waals surface area contributed by atoms with Crippen LogP contribution in [0.25, 0.3) is 21.5 Å². The van der Waals surface area contributed by atoms with Crippen LogP contribution in [0.1, 0.15) is 44.5 Å². The van der Waals surface area contributed by atoms with E-state index in [0.717, 1.165) is 0 Å². The number of benzene rings is 6. The smallest absolute Gasteiger partial charge is 0.0623 e. The highest BCUT2D eigenvalue weighted by Gasteiger charge is 2.53. The molecular formula is C44H38Si. The van der Waals surface area contributed by atoms with Crippen molar-refractivity contribution in [3.63, 3.8) is 0 Å². The normalized spacial score (nSPS) is 14.2. The Bertz CT molecular complexity index is 1930. The van der Waals surface area contributed by atoms with E-state index in [1.807, 2.05) is 0 Å². The third-order valence-corrected chi connectivity index (χ3v) is 14.1. The van der Waals surface area contributed by atoms with Crippen molar-refractivity contribution in [1.29, 1.82) is 0 Å². The molecule has 218 valence electrons. The first-order valence-corrected chi connectivity index (χ1v) is 17.9. The second-order valence-corrected chi connectivity index (χ2v) is 16.1. The first-order valence-electron chi connectivity index (χ1n) is 15.9. The van der Waals surface area contributed by atoms with E-state index in [-0.39, 0.29) is 0 Å². The van der Waals surface area contributed by atoms with Gasteiger partial charge in [-0.1, -0.05) is 180 Å². The van der Waals surface area contributed by atoms with E-state index in [0.29, 0.717) is 0 Å². The van der Waals surface area contributed by atoms with Gasteiger partial charge in [-0.3, -0.25) is 0 Å². The minimum Gasteiger partial charge on any atom is -0.0623 e. The number of aryl methyl sites for hydroxylation is 4. The van der Waals surface area contributed by atoms with E-state index in [4.69, 9.17) is 0 Å². The van der Waals surface area contributed by atoms with Gasteiger partial charge in [-0.05, 0) is 81.9 Å². The van der Waals surface area contributed by atoms with Crippen molar-refractivity contribution in [1.82, 2.24) is 0 Å². The highest BCUT2D eigenvalue weighted by molar-refractivity contribution is 7.29. The molecule has 45 heavy (non-hydrogen) atoms. The molecule has 0 bridgehead atoms. The van der Waals surface area contributed by atoms with Gasteiger partial charge in [-0.2, -0.15) is 0 Å². The summed E-state index contributed by atoms with van der Waals surface area (Å²) >= 11 is 0. The molecule has 6 aromatic rings. The first-order chi connectivity index (χ1) is 22.0. The highest BCUT2D eigenvalue weighted by atomic mass is 28.3. The zero-order valence-corrected chi connectivity index (χ0v) is 27.5. The molecule has 1 heterocycles. The zero-order chi connectivity index (χ0) is 31.0. The fraction of sp³-hybridized carbons (Fsp3) is 0.0909. The van der Waals surface area contributed by atoms with Crippen LogP contribution in [0.4, 0.5) is 0 Å². The van der Waals surface area contributed by atoms with E-state index in [1.54, 1.807) is 0 Å². The van der Waals surface area contributed by atoms with Crippen LogP contribution < -0.4 is 10.4 Å². The lowest BCUT2D eigenvalue weighted by Gasteiger charge is -2.36. The van der Waals surface area contributed by atoms with E-state index in [1.165, 1.54) is 76.4 Å². The zero-order valence-electron chi connectivity index (χ0n) is 26.5. The molecule has 0 atom stereocenters. The molecule has 7 rings (SSSR count). The molecule has 1 aliphatic heterocycles. The maximum absolute atomic E-state index is 2.94. The van der Waals surface area contributed by atoms with E-state index < -0.39 is 8.07 Å². The molecule has 0 saturated carbocycles. The minimum atomic E-state index is -2.94.